The van der Waals surface area contributed by atoms with Crippen LogP contribution >= 0.6 is 28.3 Å². The number of rotatable bonds is 3. The molecular formula is C13H15BrClNO4. The average molecular weight is 365 g/mol. The van der Waals surface area contributed by atoms with Crippen LogP contribution in [0.15, 0.2) is 16.6 Å². The molecule has 1 fully saturated rings. The van der Waals surface area contributed by atoms with E-state index in [1.807, 2.05) is 12.1 Å². The van der Waals surface area contributed by atoms with Gasteiger partial charge in [0.25, 0.3) is 0 Å². The number of carboxylic acids is 1. The SMILES string of the molecule is Cl.O=C(O)C1CCN(Cc2cc3c(cc2Br)OCO3)C1. The van der Waals surface area contributed by atoms with Crippen LogP contribution in [0.1, 0.15) is 12.0 Å². The highest BCUT2D eigenvalue weighted by Gasteiger charge is 2.28. The third kappa shape index (κ3) is 3.02. The van der Waals surface area contributed by atoms with Crippen molar-refractivity contribution in [1.29, 1.82) is 0 Å². The maximum Gasteiger partial charge on any atom is 0.307 e. The third-order valence-corrected chi connectivity index (χ3v) is 4.30. The van der Waals surface area contributed by atoms with Crippen molar-refractivity contribution in [1.82, 2.24) is 4.90 Å². The van der Waals surface area contributed by atoms with E-state index in [9.17, 15) is 4.79 Å². The molecule has 1 N–H and O–H groups in total. The molecule has 1 unspecified atom stereocenters. The highest BCUT2D eigenvalue weighted by Crippen LogP contribution is 2.37. The molecule has 0 radical (unpaired) electrons. The van der Waals surface area contributed by atoms with E-state index in [4.69, 9.17) is 14.6 Å². The molecule has 1 aromatic rings. The van der Waals surface area contributed by atoms with E-state index in [0.717, 1.165) is 41.0 Å². The largest absolute Gasteiger partial charge is 0.481 e. The normalized spacial score (nSPS) is 20.8. The lowest BCUT2D eigenvalue weighted by Gasteiger charge is -2.16. The maximum absolute atomic E-state index is 10.9. The third-order valence-electron chi connectivity index (χ3n) is 3.56. The molecule has 2 aliphatic heterocycles. The Kier molecular flexibility index (Phi) is 4.78. The molecule has 7 heteroatoms. The van der Waals surface area contributed by atoms with E-state index < -0.39 is 5.97 Å². The number of halogens is 2. The van der Waals surface area contributed by atoms with E-state index >= 15 is 0 Å². The minimum Gasteiger partial charge on any atom is -0.481 e. The van der Waals surface area contributed by atoms with Gasteiger partial charge in [-0.25, -0.2) is 0 Å². The summed E-state index contributed by atoms with van der Waals surface area (Å²) in [6.45, 7) is 2.41. The molecule has 1 atom stereocenters. The van der Waals surface area contributed by atoms with Crippen molar-refractivity contribution in [2.45, 2.75) is 13.0 Å². The number of carbonyl (C=O) groups is 1. The van der Waals surface area contributed by atoms with Gasteiger partial charge >= 0.3 is 5.97 Å². The first-order chi connectivity index (χ1) is 9.13. The van der Waals surface area contributed by atoms with Gasteiger partial charge < -0.3 is 14.6 Å². The van der Waals surface area contributed by atoms with Gasteiger partial charge in [0.1, 0.15) is 0 Å². The lowest BCUT2D eigenvalue weighted by atomic mass is 10.1. The van der Waals surface area contributed by atoms with E-state index in [0.29, 0.717) is 6.54 Å². The van der Waals surface area contributed by atoms with Gasteiger partial charge in [0.05, 0.1) is 5.92 Å². The fourth-order valence-electron chi connectivity index (χ4n) is 2.50. The van der Waals surface area contributed by atoms with Crippen molar-refractivity contribution in [3.8, 4) is 11.5 Å². The van der Waals surface area contributed by atoms with Crippen molar-refractivity contribution in [3.63, 3.8) is 0 Å². The molecule has 3 rings (SSSR count). The summed E-state index contributed by atoms with van der Waals surface area (Å²) in [6.07, 6.45) is 0.720. The second-order valence-electron chi connectivity index (χ2n) is 4.86. The molecule has 0 aromatic heterocycles. The smallest absolute Gasteiger partial charge is 0.307 e. The van der Waals surface area contributed by atoms with Crippen LogP contribution in [-0.4, -0.2) is 35.9 Å². The molecule has 0 bridgehead atoms. The molecule has 20 heavy (non-hydrogen) atoms. The van der Waals surface area contributed by atoms with E-state index in [1.165, 1.54) is 0 Å². The molecule has 2 aliphatic rings. The number of hydrogen-bond donors (Lipinski definition) is 1. The van der Waals surface area contributed by atoms with Gasteiger partial charge in [-0.15, -0.1) is 12.4 Å². The van der Waals surface area contributed by atoms with Crippen LogP contribution in [0.3, 0.4) is 0 Å². The van der Waals surface area contributed by atoms with Crippen molar-refractivity contribution < 1.29 is 19.4 Å². The fraction of sp³-hybridized carbons (Fsp3) is 0.462. The van der Waals surface area contributed by atoms with Crippen molar-refractivity contribution >= 4 is 34.3 Å². The average Bonchev–Trinajstić information content (AvgIpc) is 2.98. The zero-order chi connectivity index (χ0) is 13.4. The number of aliphatic carboxylic acids is 1. The summed E-state index contributed by atoms with van der Waals surface area (Å²) in [4.78, 5) is 13.1. The monoisotopic (exact) mass is 363 g/mol. The van der Waals surface area contributed by atoms with Gasteiger partial charge in [0, 0.05) is 17.6 Å². The Hall–Kier alpha value is -0.980. The summed E-state index contributed by atoms with van der Waals surface area (Å²) in [6, 6.07) is 3.86. The van der Waals surface area contributed by atoms with Gasteiger partial charge in [0.2, 0.25) is 6.79 Å². The van der Waals surface area contributed by atoms with E-state index in [2.05, 4.69) is 20.8 Å². The van der Waals surface area contributed by atoms with Gasteiger partial charge in [-0.1, -0.05) is 15.9 Å². The van der Waals surface area contributed by atoms with Crippen LogP contribution in [0.25, 0.3) is 0 Å². The Balaban J connectivity index is 0.00000147. The lowest BCUT2D eigenvalue weighted by Crippen LogP contribution is -2.23. The second kappa shape index (κ2) is 6.20. The van der Waals surface area contributed by atoms with Crippen LogP contribution in [0.4, 0.5) is 0 Å². The Morgan fingerprint density at radius 1 is 1.40 bits per heavy atom. The first-order valence-corrected chi connectivity index (χ1v) is 6.96. The molecule has 0 spiro atoms. The van der Waals surface area contributed by atoms with Gasteiger partial charge in [-0.3, -0.25) is 9.69 Å². The van der Waals surface area contributed by atoms with Crippen LogP contribution in [-0.2, 0) is 11.3 Å². The van der Waals surface area contributed by atoms with Crippen molar-refractivity contribution in [2.75, 3.05) is 19.9 Å². The summed E-state index contributed by atoms with van der Waals surface area (Å²) >= 11 is 3.52. The van der Waals surface area contributed by atoms with Crippen LogP contribution in [0.2, 0.25) is 0 Å². The Morgan fingerprint density at radius 3 is 2.75 bits per heavy atom. The Morgan fingerprint density at radius 2 is 2.10 bits per heavy atom. The topological polar surface area (TPSA) is 59.0 Å². The Bertz CT molecular complexity index is 525. The summed E-state index contributed by atoms with van der Waals surface area (Å²) in [5.41, 5.74) is 1.09. The zero-order valence-corrected chi connectivity index (χ0v) is 13.1. The van der Waals surface area contributed by atoms with Crippen molar-refractivity contribution in [2.24, 2.45) is 5.92 Å². The van der Waals surface area contributed by atoms with Crippen LogP contribution in [0.5, 0.6) is 11.5 Å². The van der Waals surface area contributed by atoms with Gasteiger partial charge in [-0.05, 0) is 30.7 Å². The molecule has 0 aliphatic carbocycles. The molecule has 1 saturated heterocycles. The number of ether oxygens (including phenoxy) is 2. The number of carboxylic acid groups (broad SMARTS) is 1. The molecule has 5 nitrogen and oxygen atoms in total. The second-order valence-corrected chi connectivity index (χ2v) is 5.71. The standard InChI is InChI=1S/C13H14BrNO4.ClH/c14-10-4-12-11(18-7-19-12)3-9(10)6-15-2-1-8(5-15)13(16)17;/h3-4,8H,1-2,5-7H2,(H,16,17);1H. The molecular weight excluding hydrogens is 350 g/mol. The first-order valence-electron chi connectivity index (χ1n) is 6.16. The van der Waals surface area contributed by atoms with E-state index in [-0.39, 0.29) is 25.1 Å². The summed E-state index contributed by atoms with van der Waals surface area (Å²) in [5.74, 6) is 0.563. The molecule has 0 amide bonds. The van der Waals surface area contributed by atoms with Gasteiger partial charge in [0.15, 0.2) is 11.5 Å². The summed E-state index contributed by atoms with van der Waals surface area (Å²) in [5, 5.41) is 9.01. The van der Waals surface area contributed by atoms with Crippen molar-refractivity contribution in [3.05, 3.63) is 22.2 Å². The van der Waals surface area contributed by atoms with Crippen LogP contribution < -0.4 is 9.47 Å². The first kappa shape index (κ1) is 15.4. The van der Waals surface area contributed by atoms with Gasteiger partial charge in [-0.2, -0.15) is 0 Å². The summed E-state index contributed by atoms with van der Waals surface area (Å²) < 4.78 is 11.6. The maximum atomic E-state index is 10.9. The zero-order valence-electron chi connectivity index (χ0n) is 10.7. The predicted octanol–water partition coefficient (Wildman–Crippen LogP) is 2.51. The molecule has 0 saturated carbocycles. The summed E-state index contributed by atoms with van der Waals surface area (Å²) in [7, 11) is 0. The number of nitrogens with zero attached hydrogens (tertiary/aromatic N) is 1. The molecule has 1 aromatic carbocycles. The van der Waals surface area contributed by atoms with Crippen LogP contribution in [0, 0.1) is 5.92 Å². The highest BCUT2D eigenvalue weighted by molar-refractivity contribution is 9.10. The minimum atomic E-state index is -0.702. The number of likely N-dealkylation sites (tertiary alicyclic amines) is 1. The predicted molar refractivity (Wildman–Crippen MR) is 78.5 cm³/mol. The number of benzene rings is 1. The Labute approximate surface area is 131 Å². The number of fused-ring (bicyclic) bond motifs is 1. The molecule has 2 heterocycles. The highest BCUT2D eigenvalue weighted by atomic mass is 79.9. The number of hydrogen-bond acceptors (Lipinski definition) is 4. The quantitative estimate of drug-likeness (QED) is 0.893. The minimum absolute atomic E-state index is 0. The molecule has 110 valence electrons. The van der Waals surface area contributed by atoms with E-state index in [1.54, 1.807) is 0 Å². The fourth-order valence-corrected chi connectivity index (χ4v) is 2.95. The lowest BCUT2D eigenvalue weighted by molar-refractivity contribution is -0.141.